The monoisotopic (exact) mass is 269 g/mol. The number of ether oxygens (including phenoxy) is 1. The van der Waals surface area contributed by atoms with Gasteiger partial charge in [0.15, 0.2) is 0 Å². The van der Waals surface area contributed by atoms with Gasteiger partial charge in [0.1, 0.15) is 5.69 Å². The van der Waals surface area contributed by atoms with Crippen LogP contribution in [0.25, 0.3) is 0 Å². The molecule has 2 heterocycles. The Morgan fingerprint density at radius 1 is 1.67 bits per heavy atom. The predicted molar refractivity (Wildman–Crippen MR) is 68.8 cm³/mol. The lowest BCUT2D eigenvalue weighted by Gasteiger charge is -2.32. The summed E-state index contributed by atoms with van der Waals surface area (Å²) in [6.07, 6.45) is 1.53. The van der Waals surface area contributed by atoms with Gasteiger partial charge in [-0.3, -0.25) is 4.79 Å². The van der Waals surface area contributed by atoms with E-state index in [4.69, 9.17) is 16.3 Å². The van der Waals surface area contributed by atoms with Gasteiger partial charge in [0.2, 0.25) is 0 Å². The second-order valence-electron chi connectivity index (χ2n) is 4.16. The van der Waals surface area contributed by atoms with E-state index in [2.05, 4.69) is 10.3 Å². The maximum absolute atomic E-state index is 12.2. The number of pyridine rings is 1. The first-order valence-corrected chi connectivity index (χ1v) is 6.25. The van der Waals surface area contributed by atoms with E-state index in [-0.39, 0.29) is 12.0 Å². The number of likely N-dealkylation sites (N-methyl/N-ethyl adjacent to an activating group) is 1. The molecule has 1 aromatic heterocycles. The lowest BCUT2D eigenvalue weighted by atomic mass is 10.2. The maximum atomic E-state index is 12.2. The maximum Gasteiger partial charge on any atom is 0.272 e. The number of morpholine rings is 1. The van der Waals surface area contributed by atoms with Crippen LogP contribution in [0.2, 0.25) is 5.02 Å². The lowest BCUT2D eigenvalue weighted by Crippen LogP contribution is -2.48. The first-order valence-electron chi connectivity index (χ1n) is 5.87. The molecule has 1 aromatic rings. The van der Waals surface area contributed by atoms with Gasteiger partial charge >= 0.3 is 0 Å². The molecule has 1 aliphatic heterocycles. The van der Waals surface area contributed by atoms with Gasteiger partial charge in [-0.15, -0.1) is 0 Å². The minimum Gasteiger partial charge on any atom is -0.373 e. The van der Waals surface area contributed by atoms with Crippen molar-refractivity contribution in [1.29, 1.82) is 0 Å². The van der Waals surface area contributed by atoms with E-state index in [0.717, 1.165) is 6.54 Å². The molecule has 1 atom stereocenters. The molecular weight excluding hydrogens is 254 g/mol. The van der Waals surface area contributed by atoms with Crippen molar-refractivity contribution in [3.8, 4) is 0 Å². The Morgan fingerprint density at radius 2 is 2.50 bits per heavy atom. The predicted octanol–water partition coefficient (Wildman–Crippen LogP) is 0.795. The molecule has 6 heteroatoms. The van der Waals surface area contributed by atoms with E-state index in [9.17, 15) is 4.79 Å². The molecule has 0 bridgehead atoms. The quantitative estimate of drug-likeness (QED) is 0.882. The Balaban J connectivity index is 2.02. The summed E-state index contributed by atoms with van der Waals surface area (Å²) >= 11 is 5.75. The Morgan fingerprint density at radius 3 is 3.17 bits per heavy atom. The number of carbonyl (C=O) groups is 1. The number of aromatic nitrogens is 1. The third kappa shape index (κ3) is 3.19. The summed E-state index contributed by atoms with van der Waals surface area (Å²) in [5, 5.41) is 3.58. The third-order valence-electron chi connectivity index (χ3n) is 2.80. The minimum absolute atomic E-state index is 0.0417. The second-order valence-corrected chi connectivity index (χ2v) is 4.60. The molecule has 1 saturated heterocycles. The molecule has 98 valence electrons. The number of nitrogens with one attached hydrogen (secondary N) is 1. The van der Waals surface area contributed by atoms with Gasteiger partial charge < -0.3 is 15.0 Å². The fraction of sp³-hybridized carbons (Fsp3) is 0.500. The SMILES string of the molecule is CNCC1CN(C(=O)c2ccc(Cl)cn2)CCO1. The van der Waals surface area contributed by atoms with Gasteiger partial charge in [0.25, 0.3) is 5.91 Å². The van der Waals surface area contributed by atoms with Crippen molar-refractivity contribution in [2.24, 2.45) is 0 Å². The first kappa shape index (κ1) is 13.3. The van der Waals surface area contributed by atoms with Crippen LogP contribution in [-0.4, -0.2) is 55.2 Å². The summed E-state index contributed by atoms with van der Waals surface area (Å²) in [5.74, 6) is -0.0731. The van der Waals surface area contributed by atoms with Crippen LogP contribution in [0.15, 0.2) is 18.3 Å². The van der Waals surface area contributed by atoms with Crippen LogP contribution in [0, 0.1) is 0 Å². The molecule has 1 fully saturated rings. The standard InChI is InChI=1S/C12H16ClN3O2/c1-14-7-10-8-16(4-5-18-10)12(17)11-3-2-9(13)6-15-11/h2-3,6,10,14H,4-5,7-8H2,1H3. The Hall–Kier alpha value is -1.17. The van der Waals surface area contributed by atoms with Crippen LogP contribution in [0.5, 0.6) is 0 Å². The van der Waals surface area contributed by atoms with E-state index in [0.29, 0.717) is 30.4 Å². The summed E-state index contributed by atoms with van der Waals surface area (Å²) < 4.78 is 5.56. The Labute approximate surface area is 111 Å². The molecule has 0 spiro atoms. The Kier molecular flexibility index (Phi) is 4.52. The molecule has 1 aliphatic rings. The number of amides is 1. The summed E-state index contributed by atoms with van der Waals surface area (Å²) in [5.41, 5.74) is 0.421. The third-order valence-corrected chi connectivity index (χ3v) is 3.03. The zero-order valence-corrected chi connectivity index (χ0v) is 11.0. The lowest BCUT2D eigenvalue weighted by molar-refractivity contribution is -0.0198. The van der Waals surface area contributed by atoms with E-state index < -0.39 is 0 Å². The smallest absolute Gasteiger partial charge is 0.272 e. The number of halogens is 1. The van der Waals surface area contributed by atoms with Crippen molar-refractivity contribution in [3.05, 3.63) is 29.0 Å². The highest BCUT2D eigenvalue weighted by Gasteiger charge is 2.25. The number of carbonyl (C=O) groups excluding carboxylic acids is 1. The zero-order valence-electron chi connectivity index (χ0n) is 10.2. The van der Waals surface area contributed by atoms with Gasteiger partial charge in [-0.05, 0) is 19.2 Å². The molecule has 0 aromatic carbocycles. The fourth-order valence-corrected chi connectivity index (χ4v) is 2.03. The van der Waals surface area contributed by atoms with Gasteiger partial charge in [-0.1, -0.05) is 11.6 Å². The average molecular weight is 270 g/mol. The zero-order chi connectivity index (χ0) is 13.0. The number of nitrogens with zero attached hydrogens (tertiary/aromatic N) is 2. The average Bonchev–Trinajstić information content (AvgIpc) is 2.39. The molecule has 1 unspecified atom stereocenters. The van der Waals surface area contributed by atoms with Crippen molar-refractivity contribution >= 4 is 17.5 Å². The van der Waals surface area contributed by atoms with E-state index in [1.165, 1.54) is 6.20 Å². The second kappa shape index (κ2) is 6.13. The van der Waals surface area contributed by atoms with Crippen LogP contribution in [0.4, 0.5) is 0 Å². The van der Waals surface area contributed by atoms with Crippen molar-refractivity contribution in [2.75, 3.05) is 33.3 Å². The molecule has 0 radical (unpaired) electrons. The number of rotatable bonds is 3. The fourth-order valence-electron chi connectivity index (χ4n) is 1.92. The molecule has 0 aliphatic carbocycles. The molecule has 5 nitrogen and oxygen atoms in total. The van der Waals surface area contributed by atoms with Crippen LogP contribution < -0.4 is 5.32 Å². The first-order chi connectivity index (χ1) is 8.70. The highest BCUT2D eigenvalue weighted by atomic mass is 35.5. The van der Waals surface area contributed by atoms with Crippen molar-refractivity contribution in [2.45, 2.75) is 6.10 Å². The summed E-state index contributed by atoms with van der Waals surface area (Å²) in [7, 11) is 1.87. The largest absolute Gasteiger partial charge is 0.373 e. The summed E-state index contributed by atoms with van der Waals surface area (Å²) in [6.45, 7) is 2.48. The molecule has 18 heavy (non-hydrogen) atoms. The van der Waals surface area contributed by atoms with Gasteiger partial charge in [-0.25, -0.2) is 4.98 Å². The van der Waals surface area contributed by atoms with Crippen LogP contribution in [-0.2, 0) is 4.74 Å². The van der Waals surface area contributed by atoms with Crippen molar-refractivity contribution in [3.63, 3.8) is 0 Å². The minimum atomic E-state index is -0.0731. The molecule has 0 saturated carbocycles. The van der Waals surface area contributed by atoms with Gasteiger partial charge in [0, 0.05) is 25.8 Å². The number of hydrogen-bond donors (Lipinski definition) is 1. The van der Waals surface area contributed by atoms with Crippen molar-refractivity contribution < 1.29 is 9.53 Å². The molecular formula is C12H16ClN3O2. The topological polar surface area (TPSA) is 54.5 Å². The number of hydrogen-bond acceptors (Lipinski definition) is 4. The molecule has 2 rings (SSSR count). The van der Waals surface area contributed by atoms with Gasteiger partial charge in [0.05, 0.1) is 17.7 Å². The van der Waals surface area contributed by atoms with E-state index in [1.807, 2.05) is 7.05 Å². The Bertz CT molecular complexity index is 408. The van der Waals surface area contributed by atoms with Gasteiger partial charge in [-0.2, -0.15) is 0 Å². The van der Waals surface area contributed by atoms with E-state index in [1.54, 1.807) is 17.0 Å². The van der Waals surface area contributed by atoms with E-state index >= 15 is 0 Å². The van der Waals surface area contributed by atoms with Crippen molar-refractivity contribution in [1.82, 2.24) is 15.2 Å². The summed E-state index contributed by atoms with van der Waals surface area (Å²) in [6, 6.07) is 3.32. The normalized spacial score (nSPS) is 19.9. The van der Waals surface area contributed by atoms with Crippen LogP contribution >= 0.6 is 11.6 Å². The highest BCUT2D eigenvalue weighted by molar-refractivity contribution is 6.30. The highest BCUT2D eigenvalue weighted by Crippen LogP contribution is 2.11. The summed E-state index contributed by atoms with van der Waals surface area (Å²) in [4.78, 5) is 18.0. The van der Waals surface area contributed by atoms with Crippen LogP contribution in [0.3, 0.4) is 0 Å². The van der Waals surface area contributed by atoms with Crippen LogP contribution in [0.1, 0.15) is 10.5 Å². The molecule has 1 N–H and O–H groups in total. The molecule has 1 amide bonds.